The van der Waals surface area contributed by atoms with Crippen molar-refractivity contribution in [1.82, 2.24) is 0 Å². The topological polar surface area (TPSA) is 102 Å². The number of halogens is 1. The molecule has 1 amide bonds. The molecule has 0 spiro atoms. The summed E-state index contributed by atoms with van der Waals surface area (Å²) in [4.78, 5) is 32.1. The van der Waals surface area contributed by atoms with Crippen LogP contribution in [0.3, 0.4) is 0 Å². The molecule has 0 radical (unpaired) electrons. The van der Waals surface area contributed by atoms with Gasteiger partial charge in [-0.2, -0.15) is 0 Å². The lowest BCUT2D eigenvalue weighted by atomic mass is 10.2. The molecule has 1 heterocycles. The van der Waals surface area contributed by atoms with Crippen molar-refractivity contribution in [2.24, 2.45) is 0 Å². The zero-order valence-corrected chi connectivity index (χ0v) is 9.43. The number of nitrogens with one attached hydrogen (secondary N) is 1. The van der Waals surface area contributed by atoms with E-state index in [0.29, 0.717) is 6.41 Å². The smallest absolute Gasteiger partial charge is 0.291 e. The average Bonchev–Trinajstić information content (AvgIpc) is 2.33. The molecular formula is C10H5ClN2O5. The first-order valence-corrected chi connectivity index (χ1v) is 5.02. The first-order chi connectivity index (χ1) is 8.54. The van der Waals surface area contributed by atoms with Gasteiger partial charge in [0.15, 0.2) is 0 Å². The number of nitrogens with zero attached hydrogens (tertiary/aromatic N) is 1. The van der Waals surface area contributed by atoms with Crippen molar-refractivity contribution in [2.75, 3.05) is 5.32 Å². The maximum atomic E-state index is 11.8. The Balaban J connectivity index is 2.77. The summed E-state index contributed by atoms with van der Waals surface area (Å²) in [6.07, 6.45) is 1.34. The molecule has 7 nitrogen and oxygen atoms in total. The molecule has 0 aliphatic rings. The normalized spacial score (nSPS) is 10.3. The van der Waals surface area contributed by atoms with Gasteiger partial charge in [-0.3, -0.25) is 19.7 Å². The lowest BCUT2D eigenvalue weighted by Crippen LogP contribution is -2.10. The monoisotopic (exact) mass is 268 g/mol. The number of amides is 1. The Labute approximate surface area is 104 Å². The van der Waals surface area contributed by atoms with Crippen LogP contribution >= 0.6 is 11.6 Å². The highest BCUT2D eigenvalue weighted by molar-refractivity contribution is 6.33. The molecule has 0 atom stereocenters. The van der Waals surface area contributed by atoms with E-state index < -0.39 is 10.4 Å². The summed E-state index contributed by atoms with van der Waals surface area (Å²) < 4.78 is 5.04. The van der Waals surface area contributed by atoms with Crippen molar-refractivity contribution in [3.05, 3.63) is 43.8 Å². The fourth-order valence-electron chi connectivity index (χ4n) is 1.44. The number of fused-ring (bicyclic) bond motifs is 1. The van der Waals surface area contributed by atoms with Gasteiger partial charge in [0.1, 0.15) is 22.6 Å². The van der Waals surface area contributed by atoms with E-state index in [2.05, 4.69) is 5.32 Å². The quantitative estimate of drug-likeness (QED) is 0.520. The van der Waals surface area contributed by atoms with Gasteiger partial charge in [0.25, 0.3) is 5.69 Å². The molecule has 0 unspecified atom stereocenters. The molecule has 2 aromatic rings. The molecule has 92 valence electrons. The molecule has 8 heteroatoms. The molecule has 0 saturated heterocycles. The van der Waals surface area contributed by atoms with Gasteiger partial charge >= 0.3 is 0 Å². The van der Waals surface area contributed by atoms with Gasteiger partial charge in [-0.15, -0.1) is 0 Å². The van der Waals surface area contributed by atoms with Crippen molar-refractivity contribution in [1.29, 1.82) is 0 Å². The Hall–Kier alpha value is -2.41. The molecular weight excluding hydrogens is 264 g/mol. The van der Waals surface area contributed by atoms with Gasteiger partial charge in [0.05, 0.1) is 16.4 Å². The summed E-state index contributed by atoms with van der Waals surface area (Å²) in [5.41, 5.74) is -0.932. The number of carbonyl (C=O) groups excluding carboxylic acids is 1. The Morgan fingerprint density at radius 1 is 1.44 bits per heavy atom. The van der Waals surface area contributed by atoms with Crippen LogP contribution in [0.25, 0.3) is 11.0 Å². The summed E-state index contributed by atoms with van der Waals surface area (Å²) in [5, 5.41) is 12.7. The molecule has 1 aromatic heterocycles. The Morgan fingerprint density at radius 3 is 2.78 bits per heavy atom. The minimum absolute atomic E-state index is 0.0209. The van der Waals surface area contributed by atoms with Crippen LogP contribution in [0.15, 0.2) is 27.6 Å². The number of rotatable bonds is 3. The molecule has 0 aliphatic heterocycles. The number of hydrogen-bond donors (Lipinski definition) is 1. The van der Waals surface area contributed by atoms with Crippen molar-refractivity contribution in [3.8, 4) is 0 Å². The molecule has 0 saturated carbocycles. The second-order valence-corrected chi connectivity index (χ2v) is 3.70. The van der Waals surface area contributed by atoms with E-state index in [9.17, 15) is 19.7 Å². The third kappa shape index (κ3) is 1.91. The van der Waals surface area contributed by atoms with E-state index in [0.717, 1.165) is 18.4 Å². The van der Waals surface area contributed by atoms with Gasteiger partial charge in [-0.1, -0.05) is 11.6 Å². The Bertz CT molecular complexity index is 709. The summed E-state index contributed by atoms with van der Waals surface area (Å²) in [6.45, 7) is 0. The third-order valence-corrected chi connectivity index (χ3v) is 2.56. The Morgan fingerprint density at radius 2 is 2.17 bits per heavy atom. The molecule has 1 aromatic carbocycles. The lowest BCUT2D eigenvalue weighted by Gasteiger charge is -2.01. The number of nitro groups is 1. The highest BCUT2D eigenvalue weighted by atomic mass is 35.5. The van der Waals surface area contributed by atoms with Crippen LogP contribution < -0.4 is 10.7 Å². The summed E-state index contributed by atoms with van der Waals surface area (Å²) in [5.74, 6) is 0. The van der Waals surface area contributed by atoms with E-state index in [1.807, 2.05) is 0 Å². The molecule has 0 fully saturated rings. The fourth-order valence-corrected chi connectivity index (χ4v) is 1.67. The predicted molar refractivity (Wildman–Crippen MR) is 63.8 cm³/mol. The van der Waals surface area contributed by atoms with Crippen LogP contribution in [-0.2, 0) is 4.79 Å². The summed E-state index contributed by atoms with van der Waals surface area (Å²) in [6, 6.07) is 2.20. The maximum Gasteiger partial charge on any atom is 0.291 e. The van der Waals surface area contributed by atoms with Gasteiger partial charge < -0.3 is 9.73 Å². The van der Waals surface area contributed by atoms with Crippen molar-refractivity contribution < 1.29 is 14.1 Å². The van der Waals surface area contributed by atoms with Crippen LogP contribution in [0.5, 0.6) is 0 Å². The number of nitro benzene ring substituents is 1. The van der Waals surface area contributed by atoms with Gasteiger partial charge in [-0.05, 0) is 6.07 Å². The molecule has 18 heavy (non-hydrogen) atoms. The molecule has 2 rings (SSSR count). The maximum absolute atomic E-state index is 11.8. The van der Waals surface area contributed by atoms with Crippen molar-refractivity contribution in [2.45, 2.75) is 0 Å². The number of carbonyl (C=O) groups is 1. The largest absolute Gasteiger partial charge is 0.462 e. The zero-order chi connectivity index (χ0) is 13.3. The first kappa shape index (κ1) is 12.1. The number of benzene rings is 1. The van der Waals surface area contributed by atoms with Crippen LogP contribution in [0.4, 0.5) is 11.4 Å². The van der Waals surface area contributed by atoms with E-state index in [1.165, 1.54) is 0 Å². The highest BCUT2D eigenvalue weighted by Gasteiger charge is 2.17. The average molecular weight is 269 g/mol. The van der Waals surface area contributed by atoms with Gasteiger partial charge in [-0.25, -0.2) is 0 Å². The second kappa shape index (κ2) is 4.46. The van der Waals surface area contributed by atoms with Crippen LogP contribution in [0.1, 0.15) is 0 Å². The van der Waals surface area contributed by atoms with E-state index >= 15 is 0 Å². The standard InChI is InChI=1S/C10H5ClN2O5/c11-6-1-5-9(2-8(6)13(16)17)18-3-7(10(5)15)12-4-14/h1-4H,(H,12,14). The predicted octanol–water partition coefficient (Wildman–Crippen LogP) is 1.92. The lowest BCUT2D eigenvalue weighted by molar-refractivity contribution is -0.384. The van der Waals surface area contributed by atoms with Crippen molar-refractivity contribution in [3.63, 3.8) is 0 Å². The SMILES string of the molecule is O=CNc1coc2cc([N+](=O)[O-])c(Cl)cc2c1=O. The van der Waals surface area contributed by atoms with E-state index in [4.69, 9.17) is 16.0 Å². The minimum Gasteiger partial charge on any atom is -0.462 e. The summed E-state index contributed by atoms with van der Waals surface area (Å²) >= 11 is 5.69. The van der Waals surface area contributed by atoms with E-state index in [1.54, 1.807) is 0 Å². The third-order valence-electron chi connectivity index (χ3n) is 2.25. The minimum atomic E-state index is -0.681. The van der Waals surface area contributed by atoms with Crippen LogP contribution in [-0.4, -0.2) is 11.3 Å². The first-order valence-electron chi connectivity index (χ1n) is 4.64. The van der Waals surface area contributed by atoms with Crippen molar-refractivity contribution >= 4 is 40.4 Å². The molecule has 0 bridgehead atoms. The van der Waals surface area contributed by atoms with Gasteiger partial charge in [0, 0.05) is 0 Å². The van der Waals surface area contributed by atoms with E-state index in [-0.39, 0.29) is 27.4 Å². The van der Waals surface area contributed by atoms with Crippen LogP contribution in [0, 0.1) is 10.1 Å². The number of anilines is 1. The highest BCUT2D eigenvalue weighted by Crippen LogP contribution is 2.28. The molecule has 0 aliphatic carbocycles. The molecule has 1 N–H and O–H groups in total. The number of hydrogen-bond acceptors (Lipinski definition) is 5. The second-order valence-electron chi connectivity index (χ2n) is 3.30. The van der Waals surface area contributed by atoms with Crippen LogP contribution in [0.2, 0.25) is 5.02 Å². The Kier molecular flexibility index (Phi) is 2.99. The fraction of sp³-hybridized carbons (Fsp3) is 0. The summed E-state index contributed by atoms with van der Waals surface area (Å²) in [7, 11) is 0. The zero-order valence-electron chi connectivity index (χ0n) is 8.68. The van der Waals surface area contributed by atoms with Gasteiger partial charge in [0.2, 0.25) is 11.8 Å².